The van der Waals surface area contributed by atoms with Crippen LogP contribution in [0.4, 0.5) is 14.4 Å². The molecular weight excluding hydrogens is 823 g/mol. The van der Waals surface area contributed by atoms with Gasteiger partial charge in [0.05, 0.1) is 14.2 Å². The van der Waals surface area contributed by atoms with E-state index < -0.39 is 18.3 Å². The summed E-state index contributed by atoms with van der Waals surface area (Å²) < 4.78 is 30.1. The lowest BCUT2D eigenvalue weighted by Crippen LogP contribution is -2.44. The van der Waals surface area contributed by atoms with Crippen molar-refractivity contribution in [2.45, 2.75) is 112 Å². The molecule has 2 aromatic carbocycles. The van der Waals surface area contributed by atoms with Crippen LogP contribution in [0.3, 0.4) is 0 Å². The van der Waals surface area contributed by atoms with Crippen LogP contribution < -0.4 is 16.0 Å². The SMILES string of the molecule is COC(=O)CC1CC(C)(C)CC(C)(CNC(=O)OCCOC(=O)CCc2ccccc2)C1.COC(=O)NCC1(C)CC(CC(=O)OCCOC(=O)NCc2ccccc2)CC(C)(C)C1. The van der Waals surface area contributed by atoms with Gasteiger partial charge in [-0.2, -0.15) is 0 Å². The van der Waals surface area contributed by atoms with E-state index in [0.717, 1.165) is 49.7 Å². The van der Waals surface area contributed by atoms with E-state index in [1.54, 1.807) is 0 Å². The van der Waals surface area contributed by atoms with Crippen molar-refractivity contribution in [1.82, 2.24) is 16.0 Å². The Morgan fingerprint density at radius 2 is 0.953 bits per heavy atom. The number of amides is 3. The van der Waals surface area contributed by atoms with Gasteiger partial charge < -0.3 is 44.4 Å². The molecule has 0 saturated heterocycles. The van der Waals surface area contributed by atoms with Gasteiger partial charge in [0.25, 0.3) is 0 Å². The third kappa shape index (κ3) is 21.4. The van der Waals surface area contributed by atoms with Crippen LogP contribution in [0, 0.1) is 33.5 Å². The predicted molar refractivity (Wildman–Crippen MR) is 241 cm³/mol. The molecule has 0 heterocycles. The Hall–Kier alpha value is -5.34. The smallest absolute Gasteiger partial charge is 0.407 e. The normalized spacial score (nSPS) is 21.9. The summed E-state index contributed by atoms with van der Waals surface area (Å²) in [6.45, 7) is 14.4. The highest BCUT2D eigenvalue weighted by Gasteiger charge is 2.43. The molecule has 4 unspecified atom stereocenters. The number of hydrogen-bond acceptors (Lipinski definition) is 12. The molecule has 2 saturated carbocycles. The molecule has 4 atom stereocenters. The van der Waals surface area contributed by atoms with Crippen molar-refractivity contribution in [2.24, 2.45) is 33.5 Å². The van der Waals surface area contributed by atoms with Gasteiger partial charge in [-0.1, -0.05) is 102 Å². The van der Waals surface area contributed by atoms with Crippen LogP contribution in [0.5, 0.6) is 0 Å². The van der Waals surface area contributed by atoms with Crippen molar-refractivity contribution in [3.8, 4) is 0 Å². The van der Waals surface area contributed by atoms with Crippen LogP contribution in [0.1, 0.15) is 110 Å². The summed E-state index contributed by atoms with van der Waals surface area (Å²) in [4.78, 5) is 71.2. The summed E-state index contributed by atoms with van der Waals surface area (Å²) in [5.74, 6) is -0.424. The Bertz CT molecular complexity index is 1790. The van der Waals surface area contributed by atoms with Gasteiger partial charge in [0.15, 0.2) is 0 Å². The van der Waals surface area contributed by atoms with E-state index in [-0.39, 0.29) is 84.3 Å². The van der Waals surface area contributed by atoms with E-state index in [1.807, 2.05) is 60.7 Å². The Morgan fingerprint density at radius 1 is 0.516 bits per heavy atom. The molecule has 3 amide bonds. The van der Waals surface area contributed by atoms with Gasteiger partial charge in [-0.05, 0) is 89.6 Å². The fourth-order valence-corrected chi connectivity index (χ4v) is 9.93. The number of benzene rings is 2. The number of ether oxygens (including phenoxy) is 6. The first kappa shape index (κ1) is 53.0. The fourth-order valence-electron chi connectivity index (χ4n) is 9.93. The van der Waals surface area contributed by atoms with E-state index >= 15 is 0 Å². The number of rotatable bonds is 19. The monoisotopic (exact) mass is 896 g/mol. The van der Waals surface area contributed by atoms with Crippen LogP contribution in [-0.2, 0) is 55.8 Å². The van der Waals surface area contributed by atoms with Crippen molar-refractivity contribution in [3.05, 3.63) is 71.8 Å². The van der Waals surface area contributed by atoms with E-state index in [0.29, 0.717) is 38.9 Å². The fraction of sp³-hybridized carbons (Fsp3) is 0.633. The molecule has 0 aliphatic heterocycles. The van der Waals surface area contributed by atoms with E-state index in [1.165, 1.54) is 14.2 Å². The zero-order chi connectivity index (χ0) is 47.2. The van der Waals surface area contributed by atoms with Gasteiger partial charge in [0.1, 0.15) is 26.4 Å². The zero-order valence-corrected chi connectivity index (χ0v) is 39.3. The third-order valence-corrected chi connectivity index (χ3v) is 11.6. The largest absolute Gasteiger partial charge is 0.469 e. The molecule has 15 nitrogen and oxygen atoms in total. The number of carbonyl (C=O) groups excluding carboxylic acids is 6. The number of hydrogen-bond donors (Lipinski definition) is 3. The minimum atomic E-state index is -0.548. The molecule has 0 aromatic heterocycles. The molecule has 2 aliphatic rings. The summed E-state index contributed by atoms with van der Waals surface area (Å²) >= 11 is 0. The average molecular weight is 896 g/mol. The number of aryl methyl sites for hydroxylation is 1. The lowest BCUT2D eigenvalue weighted by molar-refractivity contribution is -0.147. The Morgan fingerprint density at radius 3 is 1.45 bits per heavy atom. The summed E-state index contributed by atoms with van der Waals surface area (Å²) in [7, 11) is 2.76. The highest BCUT2D eigenvalue weighted by Crippen LogP contribution is 2.50. The van der Waals surface area contributed by atoms with Crippen LogP contribution in [0.25, 0.3) is 0 Å². The molecule has 0 radical (unpaired) electrons. The third-order valence-electron chi connectivity index (χ3n) is 11.6. The number of methoxy groups -OCH3 is 2. The number of nitrogens with one attached hydrogen (secondary N) is 3. The number of esters is 3. The maximum Gasteiger partial charge on any atom is 0.407 e. The van der Waals surface area contributed by atoms with Crippen LogP contribution in [0.15, 0.2) is 60.7 Å². The summed E-state index contributed by atoms with van der Waals surface area (Å²) in [5.41, 5.74) is 1.92. The lowest BCUT2D eigenvalue weighted by atomic mass is 9.60. The maximum atomic E-state index is 12.3. The zero-order valence-electron chi connectivity index (χ0n) is 39.3. The van der Waals surface area contributed by atoms with Crippen LogP contribution in [0.2, 0.25) is 0 Å². The van der Waals surface area contributed by atoms with E-state index in [2.05, 4.69) is 62.2 Å². The Balaban J connectivity index is 0.000000340. The van der Waals surface area contributed by atoms with E-state index in [4.69, 9.17) is 23.7 Å². The van der Waals surface area contributed by atoms with Crippen molar-refractivity contribution < 1.29 is 57.2 Å². The van der Waals surface area contributed by atoms with Gasteiger partial charge in [-0.15, -0.1) is 0 Å². The second-order valence-electron chi connectivity index (χ2n) is 19.6. The second-order valence-corrected chi connectivity index (χ2v) is 19.6. The lowest BCUT2D eigenvalue weighted by Gasteiger charge is -2.46. The van der Waals surface area contributed by atoms with Gasteiger partial charge in [0, 0.05) is 38.9 Å². The van der Waals surface area contributed by atoms with Crippen LogP contribution in [-0.4, -0.2) is 89.9 Å². The number of alkyl carbamates (subject to hydrolysis) is 3. The van der Waals surface area contributed by atoms with E-state index in [9.17, 15) is 28.8 Å². The molecule has 0 bridgehead atoms. The molecule has 3 N–H and O–H groups in total. The van der Waals surface area contributed by atoms with Gasteiger partial charge >= 0.3 is 36.2 Å². The molecule has 2 aromatic rings. The minimum absolute atomic E-state index is 0.00326. The molecule has 64 heavy (non-hydrogen) atoms. The molecule has 2 aliphatic carbocycles. The molecule has 15 heteroatoms. The predicted octanol–water partition coefficient (Wildman–Crippen LogP) is 8.32. The second kappa shape index (κ2) is 25.8. The molecular formula is C49H73N3O12. The highest BCUT2D eigenvalue weighted by molar-refractivity contribution is 5.71. The summed E-state index contributed by atoms with van der Waals surface area (Å²) in [6, 6.07) is 19.2. The first-order chi connectivity index (χ1) is 30.2. The standard InChI is InChI=1S/C25H37NO6.C24H36N2O6/c1-24(2)15-20(14-22(28)30-4)16-25(3,17-24)18-26-23(29)32-13-12-31-21(27)11-10-19-8-6-5-7-9-19;1-23(2)13-19(14-24(3,16-23)17-26-21(28)30-4)12-20(27)31-10-11-32-22(29)25-15-18-8-6-5-7-9-18/h5-9,20H,10-18H2,1-4H3,(H,26,29);5-9,19H,10-17H2,1-4H3,(H,25,29)(H,26,28). The molecule has 4 rings (SSSR count). The van der Waals surface area contributed by atoms with Crippen molar-refractivity contribution >= 4 is 36.2 Å². The van der Waals surface area contributed by atoms with Crippen molar-refractivity contribution in [3.63, 3.8) is 0 Å². The summed E-state index contributed by atoms with van der Waals surface area (Å²) in [6.07, 6.45) is 5.49. The first-order valence-electron chi connectivity index (χ1n) is 22.3. The van der Waals surface area contributed by atoms with Gasteiger partial charge in [-0.25, -0.2) is 14.4 Å². The quantitative estimate of drug-likeness (QED) is 0.0695. The molecule has 356 valence electrons. The van der Waals surface area contributed by atoms with Crippen LogP contribution >= 0.6 is 0 Å². The van der Waals surface area contributed by atoms with Crippen molar-refractivity contribution in [2.75, 3.05) is 53.7 Å². The topological polar surface area (TPSA) is 194 Å². The van der Waals surface area contributed by atoms with Crippen molar-refractivity contribution in [1.29, 1.82) is 0 Å². The Labute approximate surface area is 379 Å². The molecule has 0 spiro atoms. The first-order valence-corrected chi connectivity index (χ1v) is 22.3. The average Bonchev–Trinajstić information content (AvgIpc) is 3.23. The summed E-state index contributed by atoms with van der Waals surface area (Å²) in [5, 5.41) is 8.29. The number of carbonyl (C=O) groups is 6. The highest BCUT2D eigenvalue weighted by atomic mass is 16.6. The molecule has 2 fully saturated rings. The maximum absolute atomic E-state index is 12.3. The minimum Gasteiger partial charge on any atom is -0.469 e. The van der Waals surface area contributed by atoms with Gasteiger partial charge in [-0.3, -0.25) is 14.4 Å². The van der Waals surface area contributed by atoms with Gasteiger partial charge in [0.2, 0.25) is 0 Å². The Kier molecular flexibility index (Phi) is 21.4.